The van der Waals surface area contributed by atoms with Gasteiger partial charge in [0.05, 0.1) is 16.8 Å². The number of ether oxygens (including phenoxy) is 1. The monoisotopic (exact) mass is 376 g/mol. The van der Waals surface area contributed by atoms with E-state index in [-0.39, 0.29) is 5.52 Å². The number of amides is 1. The van der Waals surface area contributed by atoms with Crippen molar-refractivity contribution in [3.63, 3.8) is 0 Å². The summed E-state index contributed by atoms with van der Waals surface area (Å²) in [4.78, 5) is 16.9. The molecule has 0 saturated heterocycles. The van der Waals surface area contributed by atoms with Crippen LogP contribution in [0.25, 0.3) is 10.2 Å². The first kappa shape index (κ1) is 18.4. The van der Waals surface area contributed by atoms with Gasteiger partial charge in [-0.1, -0.05) is 29.0 Å². The zero-order valence-electron chi connectivity index (χ0n) is 14.5. The van der Waals surface area contributed by atoms with Crippen LogP contribution in [0, 0.1) is 18.6 Å². The number of halogens is 2. The van der Waals surface area contributed by atoms with Gasteiger partial charge in [0.2, 0.25) is 0 Å². The fourth-order valence-corrected chi connectivity index (χ4v) is 3.66. The van der Waals surface area contributed by atoms with E-state index in [1.165, 1.54) is 6.07 Å². The highest BCUT2D eigenvalue weighted by Crippen LogP contribution is 2.22. The van der Waals surface area contributed by atoms with Crippen LogP contribution in [0.1, 0.15) is 22.8 Å². The zero-order valence-corrected chi connectivity index (χ0v) is 15.3. The number of carbonyl (C=O) groups is 1. The number of benzene rings is 2. The molecule has 2 aromatic carbocycles. The maximum atomic E-state index is 14.3. The maximum Gasteiger partial charge on any atom is 0.279 e. The van der Waals surface area contributed by atoms with Gasteiger partial charge in [-0.3, -0.25) is 4.79 Å². The number of hydrogen-bond acceptors (Lipinski definition) is 3. The first-order valence-corrected chi connectivity index (χ1v) is 9.03. The molecule has 0 unspecified atom stereocenters. The van der Waals surface area contributed by atoms with Crippen molar-refractivity contribution < 1.29 is 18.3 Å². The van der Waals surface area contributed by atoms with Crippen LogP contribution in [-0.2, 0) is 11.3 Å². The highest BCUT2D eigenvalue weighted by molar-refractivity contribution is 7.16. The summed E-state index contributed by atoms with van der Waals surface area (Å²) in [6.45, 7) is 4.96. The standard InChI is InChI=1S/C19H18F2N2O2S/c1-3-25-9-8-23-17-15(21)10-14(20)11-16(17)26-19(23)22-18(24)13-6-4-12(2)5-7-13/h4-7,10-11H,3,8-9H2,1-2H3. The van der Waals surface area contributed by atoms with Gasteiger partial charge in [0.1, 0.15) is 5.82 Å². The summed E-state index contributed by atoms with van der Waals surface area (Å²) in [6.07, 6.45) is 0. The predicted octanol–water partition coefficient (Wildman–Crippen LogP) is 4.07. The van der Waals surface area contributed by atoms with E-state index >= 15 is 0 Å². The van der Waals surface area contributed by atoms with Gasteiger partial charge in [0.15, 0.2) is 10.6 Å². The highest BCUT2D eigenvalue weighted by atomic mass is 32.1. The second kappa shape index (κ2) is 7.88. The molecule has 0 N–H and O–H groups in total. The Kier molecular flexibility index (Phi) is 5.58. The van der Waals surface area contributed by atoms with Gasteiger partial charge < -0.3 is 9.30 Å². The van der Waals surface area contributed by atoms with Crippen molar-refractivity contribution in [3.8, 4) is 0 Å². The number of aromatic nitrogens is 1. The van der Waals surface area contributed by atoms with Crippen molar-refractivity contribution >= 4 is 27.5 Å². The largest absolute Gasteiger partial charge is 0.380 e. The maximum absolute atomic E-state index is 14.3. The Hall–Kier alpha value is -2.38. The molecule has 7 heteroatoms. The molecule has 0 radical (unpaired) electrons. The molecule has 0 aliphatic heterocycles. The van der Waals surface area contributed by atoms with Crippen LogP contribution >= 0.6 is 11.3 Å². The lowest BCUT2D eigenvalue weighted by atomic mass is 10.1. The van der Waals surface area contributed by atoms with Crippen LogP contribution in [0.15, 0.2) is 41.4 Å². The molecule has 0 aliphatic rings. The second-order valence-electron chi connectivity index (χ2n) is 5.75. The number of fused-ring (bicyclic) bond motifs is 1. The van der Waals surface area contributed by atoms with E-state index in [1.54, 1.807) is 16.7 Å². The summed E-state index contributed by atoms with van der Waals surface area (Å²) in [5, 5.41) is 0. The lowest BCUT2D eigenvalue weighted by Gasteiger charge is -2.06. The van der Waals surface area contributed by atoms with Crippen LogP contribution < -0.4 is 4.80 Å². The predicted molar refractivity (Wildman–Crippen MR) is 97.3 cm³/mol. The number of rotatable bonds is 5. The molecule has 3 rings (SSSR count). The third kappa shape index (κ3) is 3.89. The minimum Gasteiger partial charge on any atom is -0.380 e. The minimum atomic E-state index is -0.683. The lowest BCUT2D eigenvalue weighted by molar-refractivity contribution is 0.0996. The van der Waals surface area contributed by atoms with Crippen LogP contribution in [0.3, 0.4) is 0 Å². The quantitative estimate of drug-likeness (QED) is 0.630. The van der Waals surface area contributed by atoms with E-state index in [1.807, 2.05) is 26.0 Å². The van der Waals surface area contributed by atoms with E-state index in [9.17, 15) is 13.6 Å². The Bertz CT molecular complexity index is 1010. The molecule has 136 valence electrons. The molecular formula is C19H18F2N2O2S. The van der Waals surface area contributed by atoms with Crippen molar-refractivity contribution in [1.29, 1.82) is 0 Å². The number of carbonyl (C=O) groups excluding carboxylic acids is 1. The van der Waals surface area contributed by atoms with Crippen molar-refractivity contribution in [2.24, 2.45) is 4.99 Å². The van der Waals surface area contributed by atoms with Gasteiger partial charge in [0.25, 0.3) is 5.91 Å². The molecule has 0 bridgehead atoms. The molecule has 3 aromatic rings. The third-order valence-corrected chi connectivity index (χ3v) is 4.88. The molecule has 1 aromatic heterocycles. The highest BCUT2D eigenvalue weighted by Gasteiger charge is 2.14. The van der Waals surface area contributed by atoms with Gasteiger partial charge in [-0.25, -0.2) is 8.78 Å². The van der Waals surface area contributed by atoms with Crippen molar-refractivity contribution in [2.45, 2.75) is 20.4 Å². The molecule has 26 heavy (non-hydrogen) atoms. The summed E-state index contributed by atoms with van der Waals surface area (Å²) in [5.41, 5.74) is 1.70. The fraction of sp³-hybridized carbons (Fsp3) is 0.263. The topological polar surface area (TPSA) is 43.6 Å². The average molecular weight is 376 g/mol. The Balaban J connectivity index is 2.10. The molecule has 0 spiro atoms. The molecule has 1 heterocycles. The average Bonchev–Trinajstić information content (AvgIpc) is 2.93. The van der Waals surface area contributed by atoms with E-state index in [4.69, 9.17) is 4.74 Å². The lowest BCUT2D eigenvalue weighted by Crippen LogP contribution is -2.20. The van der Waals surface area contributed by atoms with E-state index in [0.717, 1.165) is 23.0 Å². The van der Waals surface area contributed by atoms with Crippen molar-refractivity contribution in [2.75, 3.05) is 13.2 Å². The summed E-state index contributed by atoms with van der Waals surface area (Å²) >= 11 is 1.08. The van der Waals surface area contributed by atoms with E-state index < -0.39 is 17.5 Å². The van der Waals surface area contributed by atoms with E-state index in [0.29, 0.717) is 34.8 Å². The minimum absolute atomic E-state index is 0.228. The fourth-order valence-electron chi connectivity index (χ4n) is 2.57. The Labute approximate surface area is 153 Å². The molecule has 1 amide bonds. The number of hydrogen-bond donors (Lipinski definition) is 0. The third-order valence-electron chi connectivity index (χ3n) is 3.85. The van der Waals surface area contributed by atoms with Gasteiger partial charge in [-0.2, -0.15) is 4.99 Å². The molecule has 4 nitrogen and oxygen atoms in total. The van der Waals surface area contributed by atoms with Gasteiger partial charge >= 0.3 is 0 Å². The van der Waals surface area contributed by atoms with Gasteiger partial charge in [0, 0.05) is 24.8 Å². The van der Waals surface area contributed by atoms with Gasteiger partial charge in [-0.15, -0.1) is 0 Å². The summed E-state index contributed by atoms with van der Waals surface area (Å²) in [6, 6.07) is 9.11. The molecule has 0 atom stereocenters. The second-order valence-corrected chi connectivity index (χ2v) is 6.76. The van der Waals surface area contributed by atoms with Crippen LogP contribution in [0.2, 0.25) is 0 Å². The van der Waals surface area contributed by atoms with Crippen LogP contribution in [0.5, 0.6) is 0 Å². The molecule has 0 fully saturated rings. The first-order valence-electron chi connectivity index (χ1n) is 8.21. The van der Waals surface area contributed by atoms with E-state index in [2.05, 4.69) is 4.99 Å². The molecule has 0 aliphatic carbocycles. The first-order chi connectivity index (χ1) is 12.5. The molecular weight excluding hydrogens is 358 g/mol. The Morgan fingerprint density at radius 3 is 2.65 bits per heavy atom. The zero-order chi connectivity index (χ0) is 18.7. The molecule has 0 saturated carbocycles. The SMILES string of the molecule is CCOCCn1c(=NC(=O)c2ccc(C)cc2)sc2cc(F)cc(F)c21. The van der Waals surface area contributed by atoms with Crippen LogP contribution in [-0.4, -0.2) is 23.7 Å². The summed E-state index contributed by atoms with van der Waals surface area (Å²) in [5.74, 6) is -1.77. The summed E-state index contributed by atoms with van der Waals surface area (Å²) in [7, 11) is 0. The Morgan fingerprint density at radius 2 is 1.96 bits per heavy atom. The normalized spacial score (nSPS) is 12.1. The Morgan fingerprint density at radius 1 is 1.23 bits per heavy atom. The number of nitrogens with zero attached hydrogens (tertiary/aromatic N) is 2. The summed E-state index contributed by atoms with van der Waals surface area (Å²) < 4.78 is 35.2. The van der Waals surface area contributed by atoms with Crippen molar-refractivity contribution in [1.82, 2.24) is 4.57 Å². The van der Waals surface area contributed by atoms with Crippen molar-refractivity contribution in [3.05, 3.63) is 64.0 Å². The number of aryl methyl sites for hydroxylation is 1. The van der Waals surface area contributed by atoms with Gasteiger partial charge in [-0.05, 0) is 32.0 Å². The van der Waals surface area contributed by atoms with Crippen LogP contribution in [0.4, 0.5) is 8.78 Å². The smallest absolute Gasteiger partial charge is 0.279 e. The number of thiazole rings is 1.